The van der Waals surface area contributed by atoms with Crippen molar-refractivity contribution in [3.63, 3.8) is 0 Å². The number of alkyl halides is 3. The van der Waals surface area contributed by atoms with E-state index in [-0.39, 0.29) is 12.3 Å². The lowest BCUT2D eigenvalue weighted by Crippen LogP contribution is -2.40. The zero-order valence-corrected chi connectivity index (χ0v) is 12.6. The maximum atomic E-state index is 12.6. The molecule has 1 atom stereocenters. The Labute approximate surface area is 128 Å². The summed E-state index contributed by atoms with van der Waals surface area (Å²) in [5.74, 6) is -0.234. The zero-order chi connectivity index (χ0) is 16.2. The van der Waals surface area contributed by atoms with E-state index in [0.29, 0.717) is 18.2 Å². The molecule has 0 spiro atoms. The van der Waals surface area contributed by atoms with Gasteiger partial charge in [-0.1, -0.05) is 25.1 Å². The molecule has 1 aromatic rings. The standard InChI is InChI=1S/C16H21F3N2O/c1-2-21-8-4-7-14(21)11-20-15(22)10-12-5-3-6-13(9-12)16(17,18)19/h3,5-6,9,14H,2,4,7-8,10-11H2,1H3,(H,20,22). The first kappa shape index (κ1) is 16.8. The number of amides is 1. The monoisotopic (exact) mass is 314 g/mol. The van der Waals surface area contributed by atoms with E-state index in [1.54, 1.807) is 6.07 Å². The van der Waals surface area contributed by atoms with Crippen molar-refractivity contribution in [3.05, 3.63) is 35.4 Å². The normalized spacial score (nSPS) is 19.4. The van der Waals surface area contributed by atoms with Crippen LogP contribution < -0.4 is 5.32 Å². The van der Waals surface area contributed by atoms with Crippen LogP contribution in [-0.4, -0.2) is 36.5 Å². The first-order valence-electron chi connectivity index (χ1n) is 7.57. The lowest BCUT2D eigenvalue weighted by atomic mass is 10.1. The van der Waals surface area contributed by atoms with Gasteiger partial charge in [0.25, 0.3) is 0 Å². The smallest absolute Gasteiger partial charge is 0.354 e. The summed E-state index contributed by atoms with van der Waals surface area (Å²) < 4.78 is 37.9. The Hall–Kier alpha value is -1.56. The number of nitrogens with zero attached hydrogens (tertiary/aromatic N) is 1. The lowest BCUT2D eigenvalue weighted by molar-refractivity contribution is -0.137. The summed E-state index contributed by atoms with van der Waals surface area (Å²) in [4.78, 5) is 14.2. The summed E-state index contributed by atoms with van der Waals surface area (Å²) in [6.45, 7) is 4.65. The molecule has 0 aliphatic carbocycles. The Balaban J connectivity index is 1.87. The number of hydrogen-bond donors (Lipinski definition) is 1. The number of likely N-dealkylation sites (tertiary alicyclic amines) is 1. The van der Waals surface area contributed by atoms with Gasteiger partial charge in [-0.2, -0.15) is 13.2 Å². The van der Waals surface area contributed by atoms with Crippen LogP contribution in [-0.2, 0) is 17.4 Å². The van der Waals surface area contributed by atoms with Crippen LogP contribution in [0.1, 0.15) is 30.9 Å². The van der Waals surface area contributed by atoms with Gasteiger partial charge in [0, 0.05) is 12.6 Å². The Bertz CT molecular complexity index is 516. The second-order valence-corrected chi connectivity index (χ2v) is 5.60. The van der Waals surface area contributed by atoms with E-state index in [2.05, 4.69) is 17.1 Å². The predicted octanol–water partition coefficient (Wildman–Crippen LogP) is 2.85. The molecule has 1 aliphatic heterocycles. The highest BCUT2D eigenvalue weighted by Crippen LogP contribution is 2.29. The number of nitrogens with one attached hydrogen (secondary N) is 1. The number of carbonyl (C=O) groups is 1. The van der Waals surface area contributed by atoms with Crippen molar-refractivity contribution in [2.75, 3.05) is 19.6 Å². The van der Waals surface area contributed by atoms with Gasteiger partial charge in [0.2, 0.25) is 5.91 Å². The fourth-order valence-electron chi connectivity index (χ4n) is 2.88. The van der Waals surface area contributed by atoms with E-state index in [4.69, 9.17) is 0 Å². The molecule has 1 amide bonds. The highest BCUT2D eigenvalue weighted by molar-refractivity contribution is 5.78. The highest BCUT2D eigenvalue weighted by atomic mass is 19.4. The van der Waals surface area contributed by atoms with Gasteiger partial charge < -0.3 is 5.32 Å². The van der Waals surface area contributed by atoms with Gasteiger partial charge in [0.1, 0.15) is 0 Å². The minimum absolute atomic E-state index is 0.0250. The zero-order valence-electron chi connectivity index (χ0n) is 12.6. The molecule has 1 fully saturated rings. The van der Waals surface area contributed by atoms with E-state index in [0.717, 1.165) is 38.1 Å². The molecule has 0 saturated carbocycles. The second-order valence-electron chi connectivity index (χ2n) is 5.60. The molecule has 1 unspecified atom stereocenters. The quantitative estimate of drug-likeness (QED) is 0.906. The first-order valence-corrected chi connectivity index (χ1v) is 7.57. The largest absolute Gasteiger partial charge is 0.416 e. The van der Waals surface area contributed by atoms with Crippen molar-refractivity contribution in [1.29, 1.82) is 0 Å². The summed E-state index contributed by atoms with van der Waals surface area (Å²) in [5.41, 5.74) is -0.336. The van der Waals surface area contributed by atoms with Gasteiger partial charge in [-0.25, -0.2) is 0 Å². The maximum absolute atomic E-state index is 12.6. The van der Waals surface area contributed by atoms with Crippen LogP contribution in [0.3, 0.4) is 0 Å². The summed E-state index contributed by atoms with van der Waals surface area (Å²) >= 11 is 0. The van der Waals surface area contributed by atoms with Gasteiger partial charge >= 0.3 is 6.18 Å². The molecule has 6 heteroatoms. The van der Waals surface area contributed by atoms with Crippen LogP contribution in [0.4, 0.5) is 13.2 Å². The van der Waals surface area contributed by atoms with Crippen LogP contribution in [0.2, 0.25) is 0 Å². The van der Waals surface area contributed by atoms with E-state index < -0.39 is 11.7 Å². The van der Waals surface area contributed by atoms with Crippen molar-refractivity contribution in [2.24, 2.45) is 0 Å². The molecule has 1 aromatic carbocycles. The van der Waals surface area contributed by atoms with Gasteiger partial charge in [0.05, 0.1) is 12.0 Å². The van der Waals surface area contributed by atoms with Crippen molar-refractivity contribution in [2.45, 2.75) is 38.4 Å². The van der Waals surface area contributed by atoms with Gasteiger partial charge in [-0.05, 0) is 37.6 Å². The summed E-state index contributed by atoms with van der Waals surface area (Å²) in [5, 5.41) is 2.83. The lowest BCUT2D eigenvalue weighted by Gasteiger charge is -2.22. The molecular weight excluding hydrogens is 293 g/mol. The summed E-state index contributed by atoms with van der Waals surface area (Å²) in [6.07, 6.45) is -2.22. The number of benzene rings is 1. The fraction of sp³-hybridized carbons (Fsp3) is 0.562. The Kier molecular flexibility index (Phi) is 5.45. The predicted molar refractivity (Wildman–Crippen MR) is 78.4 cm³/mol. The molecule has 0 bridgehead atoms. The van der Waals surface area contributed by atoms with E-state index >= 15 is 0 Å². The maximum Gasteiger partial charge on any atom is 0.416 e. The first-order chi connectivity index (χ1) is 10.4. The molecule has 0 radical (unpaired) electrons. The molecule has 3 nitrogen and oxygen atoms in total. The molecule has 122 valence electrons. The topological polar surface area (TPSA) is 32.3 Å². The SMILES string of the molecule is CCN1CCCC1CNC(=O)Cc1cccc(C(F)(F)F)c1. The molecule has 1 saturated heterocycles. The van der Waals surface area contributed by atoms with Crippen LogP contribution in [0.15, 0.2) is 24.3 Å². The molecule has 2 rings (SSSR count). The average Bonchev–Trinajstić information content (AvgIpc) is 2.92. The molecule has 1 aliphatic rings. The van der Waals surface area contributed by atoms with Crippen molar-refractivity contribution >= 4 is 5.91 Å². The van der Waals surface area contributed by atoms with E-state index in [1.807, 2.05) is 0 Å². The van der Waals surface area contributed by atoms with Crippen molar-refractivity contribution < 1.29 is 18.0 Å². The number of likely N-dealkylation sites (N-methyl/N-ethyl adjacent to an activating group) is 1. The third kappa shape index (κ3) is 4.47. The summed E-state index contributed by atoms with van der Waals surface area (Å²) in [6, 6.07) is 5.27. The third-order valence-electron chi connectivity index (χ3n) is 4.06. The van der Waals surface area contributed by atoms with Crippen molar-refractivity contribution in [1.82, 2.24) is 10.2 Å². The number of rotatable bonds is 5. The minimum atomic E-state index is -4.38. The minimum Gasteiger partial charge on any atom is -0.354 e. The Morgan fingerprint density at radius 3 is 2.86 bits per heavy atom. The van der Waals surface area contributed by atoms with Crippen LogP contribution >= 0.6 is 0 Å². The number of hydrogen-bond acceptors (Lipinski definition) is 2. The Morgan fingerprint density at radius 1 is 1.41 bits per heavy atom. The van der Waals surface area contributed by atoms with Gasteiger partial charge in [-0.15, -0.1) is 0 Å². The average molecular weight is 314 g/mol. The van der Waals surface area contributed by atoms with Crippen LogP contribution in [0.5, 0.6) is 0 Å². The van der Waals surface area contributed by atoms with E-state index in [9.17, 15) is 18.0 Å². The molecule has 1 N–H and O–H groups in total. The van der Waals surface area contributed by atoms with Crippen molar-refractivity contribution in [3.8, 4) is 0 Å². The second kappa shape index (κ2) is 7.13. The molecular formula is C16H21F3N2O. The van der Waals surface area contributed by atoms with Gasteiger partial charge in [-0.3, -0.25) is 9.69 Å². The Morgan fingerprint density at radius 2 is 2.18 bits per heavy atom. The number of halogens is 3. The third-order valence-corrected chi connectivity index (χ3v) is 4.06. The van der Waals surface area contributed by atoms with E-state index in [1.165, 1.54) is 6.07 Å². The summed E-state index contributed by atoms with van der Waals surface area (Å²) in [7, 11) is 0. The van der Waals surface area contributed by atoms with Crippen LogP contribution in [0, 0.1) is 0 Å². The van der Waals surface area contributed by atoms with Gasteiger partial charge in [0.15, 0.2) is 0 Å². The number of carbonyl (C=O) groups excluding carboxylic acids is 1. The molecule has 22 heavy (non-hydrogen) atoms. The van der Waals surface area contributed by atoms with Crippen LogP contribution in [0.25, 0.3) is 0 Å². The fourth-order valence-corrected chi connectivity index (χ4v) is 2.88. The highest BCUT2D eigenvalue weighted by Gasteiger charge is 2.30. The molecule has 0 aromatic heterocycles. The molecule has 1 heterocycles.